The summed E-state index contributed by atoms with van der Waals surface area (Å²) in [6, 6.07) is 7.59. The van der Waals surface area contributed by atoms with Crippen LogP contribution in [0.1, 0.15) is 25.8 Å². The number of hydrogen-bond acceptors (Lipinski definition) is 7. The van der Waals surface area contributed by atoms with Crippen molar-refractivity contribution in [2.24, 2.45) is 5.92 Å². The number of sulfone groups is 1. The van der Waals surface area contributed by atoms with E-state index in [0.717, 1.165) is 22.2 Å². The highest BCUT2D eigenvalue weighted by atomic mass is 32.2. The molecule has 0 unspecified atom stereocenters. The van der Waals surface area contributed by atoms with Gasteiger partial charge in [0.2, 0.25) is 5.91 Å². The second kappa shape index (κ2) is 8.90. The number of fused-ring (bicyclic) bond motifs is 3. The number of amides is 1. The fourth-order valence-corrected chi connectivity index (χ4v) is 6.77. The van der Waals surface area contributed by atoms with Crippen LogP contribution in [0.15, 0.2) is 29.4 Å². The van der Waals surface area contributed by atoms with Gasteiger partial charge in [-0.25, -0.2) is 8.42 Å². The normalized spacial score (nSPS) is 18.0. The van der Waals surface area contributed by atoms with Crippen LogP contribution in [0.5, 0.6) is 5.75 Å². The van der Waals surface area contributed by atoms with E-state index >= 15 is 0 Å². The van der Waals surface area contributed by atoms with Gasteiger partial charge in [-0.2, -0.15) is 0 Å². The van der Waals surface area contributed by atoms with Gasteiger partial charge in [-0.15, -0.1) is 10.2 Å². The fourth-order valence-electron chi connectivity index (χ4n) is 4.20. The first-order valence-corrected chi connectivity index (χ1v) is 13.4. The summed E-state index contributed by atoms with van der Waals surface area (Å²) < 4.78 is 31.3. The monoisotopic (exact) mass is 476 g/mol. The van der Waals surface area contributed by atoms with Crippen molar-refractivity contribution in [2.45, 2.75) is 38.4 Å². The van der Waals surface area contributed by atoms with Gasteiger partial charge in [0.05, 0.1) is 29.9 Å². The predicted octanol–water partition coefficient (Wildman–Crippen LogP) is 2.96. The Balaban J connectivity index is 1.61. The number of ether oxygens (including phenoxy) is 1. The number of nitrogens with zero attached hydrogens (tertiary/aromatic N) is 4. The Morgan fingerprint density at radius 2 is 2.09 bits per heavy atom. The van der Waals surface area contributed by atoms with E-state index in [-0.39, 0.29) is 35.1 Å². The molecule has 1 saturated heterocycles. The molecule has 172 valence electrons. The lowest BCUT2D eigenvalue weighted by Crippen LogP contribution is -2.44. The number of thioether (sulfide) groups is 1. The van der Waals surface area contributed by atoms with Gasteiger partial charge in [0.15, 0.2) is 20.6 Å². The standard InChI is InChI=1S/C22H28N4O4S2/c1-14(2)11-25(16-7-8-32(28,29)13-16)21(27)12-31-22-24-23-20-9-15(3)18-6-5-17(30-4)10-19(18)26(20)22/h5-6,9-10,14,16H,7-8,11-13H2,1-4H3/t16-/m0/s1. The molecule has 1 atom stereocenters. The van der Waals surface area contributed by atoms with Gasteiger partial charge in [-0.3, -0.25) is 9.20 Å². The Morgan fingerprint density at radius 3 is 2.75 bits per heavy atom. The Bertz CT molecular complexity index is 1270. The number of aromatic nitrogens is 3. The molecular weight excluding hydrogens is 448 g/mol. The van der Waals surface area contributed by atoms with E-state index in [0.29, 0.717) is 23.8 Å². The predicted molar refractivity (Wildman–Crippen MR) is 126 cm³/mol. The molecule has 1 amide bonds. The Morgan fingerprint density at radius 1 is 1.31 bits per heavy atom. The summed E-state index contributed by atoms with van der Waals surface area (Å²) in [7, 11) is -1.44. The second-order valence-electron chi connectivity index (χ2n) is 8.67. The topological polar surface area (TPSA) is 93.9 Å². The summed E-state index contributed by atoms with van der Waals surface area (Å²) in [4.78, 5) is 14.9. The molecule has 0 spiro atoms. The highest BCUT2D eigenvalue weighted by Crippen LogP contribution is 2.29. The van der Waals surface area contributed by atoms with Gasteiger partial charge in [-0.1, -0.05) is 25.6 Å². The molecule has 8 nitrogen and oxygen atoms in total. The van der Waals surface area contributed by atoms with Crippen LogP contribution >= 0.6 is 11.8 Å². The lowest BCUT2D eigenvalue weighted by molar-refractivity contribution is -0.130. The Kier molecular flexibility index (Phi) is 6.35. The molecule has 10 heteroatoms. The molecule has 4 rings (SSSR count). The summed E-state index contributed by atoms with van der Waals surface area (Å²) >= 11 is 1.32. The number of carbonyl (C=O) groups is 1. The first kappa shape index (κ1) is 22.8. The third kappa shape index (κ3) is 4.56. The van der Waals surface area contributed by atoms with Gasteiger partial charge >= 0.3 is 0 Å². The quantitative estimate of drug-likeness (QED) is 0.484. The molecule has 1 aliphatic rings. The van der Waals surface area contributed by atoms with E-state index < -0.39 is 9.84 Å². The number of rotatable bonds is 7. The number of benzene rings is 1. The van der Waals surface area contributed by atoms with Crippen LogP contribution in [-0.4, -0.2) is 70.8 Å². The number of carbonyl (C=O) groups excluding carboxylic acids is 1. The summed E-state index contributed by atoms with van der Waals surface area (Å²) in [6.07, 6.45) is 0.503. The smallest absolute Gasteiger partial charge is 0.233 e. The largest absolute Gasteiger partial charge is 0.497 e. The average Bonchev–Trinajstić information content (AvgIpc) is 3.32. The number of hydrogen-bond donors (Lipinski definition) is 0. The zero-order valence-corrected chi connectivity index (χ0v) is 20.4. The van der Waals surface area contributed by atoms with Crippen LogP contribution in [0.25, 0.3) is 16.6 Å². The van der Waals surface area contributed by atoms with Crippen LogP contribution in [0.3, 0.4) is 0 Å². The maximum Gasteiger partial charge on any atom is 0.233 e. The van der Waals surface area contributed by atoms with Crippen molar-refractivity contribution in [3.63, 3.8) is 0 Å². The highest BCUT2D eigenvalue weighted by Gasteiger charge is 2.34. The molecule has 2 aromatic heterocycles. The van der Waals surface area contributed by atoms with Crippen molar-refractivity contribution in [3.8, 4) is 5.75 Å². The highest BCUT2D eigenvalue weighted by molar-refractivity contribution is 7.99. The third-order valence-electron chi connectivity index (χ3n) is 5.73. The lowest BCUT2D eigenvalue weighted by Gasteiger charge is -2.29. The molecule has 32 heavy (non-hydrogen) atoms. The average molecular weight is 477 g/mol. The van der Waals surface area contributed by atoms with Gasteiger partial charge in [0, 0.05) is 24.0 Å². The summed E-state index contributed by atoms with van der Waals surface area (Å²) in [5.74, 6) is 1.28. The number of aryl methyl sites for hydroxylation is 1. The minimum atomic E-state index is -3.07. The molecule has 0 N–H and O–H groups in total. The Labute approximate surface area is 192 Å². The maximum absolute atomic E-state index is 13.2. The first-order chi connectivity index (χ1) is 15.2. The molecule has 1 fully saturated rings. The van der Waals surface area contributed by atoms with Gasteiger partial charge in [-0.05, 0) is 43.0 Å². The second-order valence-corrected chi connectivity index (χ2v) is 11.8. The molecule has 0 saturated carbocycles. The molecule has 3 heterocycles. The van der Waals surface area contributed by atoms with Crippen molar-refractivity contribution in [3.05, 3.63) is 29.8 Å². The van der Waals surface area contributed by atoms with Crippen molar-refractivity contribution in [1.29, 1.82) is 0 Å². The van der Waals surface area contributed by atoms with Crippen molar-refractivity contribution in [1.82, 2.24) is 19.5 Å². The van der Waals surface area contributed by atoms with Crippen LogP contribution in [0.4, 0.5) is 0 Å². The zero-order chi connectivity index (χ0) is 23.0. The third-order valence-corrected chi connectivity index (χ3v) is 8.39. The minimum Gasteiger partial charge on any atom is -0.497 e. The summed E-state index contributed by atoms with van der Waals surface area (Å²) in [5.41, 5.74) is 2.71. The van der Waals surface area contributed by atoms with Gasteiger partial charge in [0.25, 0.3) is 0 Å². The van der Waals surface area contributed by atoms with Crippen LogP contribution in [0, 0.1) is 12.8 Å². The molecular formula is C22H28N4O4S2. The maximum atomic E-state index is 13.2. The molecule has 1 aliphatic heterocycles. The zero-order valence-electron chi connectivity index (χ0n) is 18.7. The van der Waals surface area contributed by atoms with Gasteiger partial charge < -0.3 is 9.64 Å². The van der Waals surface area contributed by atoms with Crippen LogP contribution in [0.2, 0.25) is 0 Å². The van der Waals surface area contributed by atoms with E-state index in [9.17, 15) is 13.2 Å². The molecule has 1 aromatic carbocycles. The molecule has 0 radical (unpaired) electrons. The van der Waals surface area contributed by atoms with Crippen molar-refractivity contribution >= 4 is 44.1 Å². The number of methoxy groups -OCH3 is 1. The Hall–Kier alpha value is -2.33. The van der Waals surface area contributed by atoms with Gasteiger partial charge in [0.1, 0.15) is 5.75 Å². The molecule has 0 bridgehead atoms. The van der Waals surface area contributed by atoms with Crippen LogP contribution in [-0.2, 0) is 14.6 Å². The molecule has 0 aliphatic carbocycles. The lowest BCUT2D eigenvalue weighted by atomic mass is 10.1. The summed E-state index contributed by atoms with van der Waals surface area (Å²) in [6.45, 7) is 6.63. The minimum absolute atomic E-state index is 0.0493. The first-order valence-electron chi connectivity index (χ1n) is 10.6. The van der Waals surface area contributed by atoms with E-state index in [1.54, 1.807) is 12.0 Å². The van der Waals surface area contributed by atoms with Crippen molar-refractivity contribution < 1.29 is 17.9 Å². The molecule has 3 aromatic rings. The fraction of sp³-hybridized carbons (Fsp3) is 0.500. The van der Waals surface area contributed by atoms with E-state index in [1.807, 2.05) is 49.4 Å². The van der Waals surface area contributed by atoms with E-state index in [2.05, 4.69) is 10.2 Å². The van der Waals surface area contributed by atoms with Crippen molar-refractivity contribution in [2.75, 3.05) is 30.9 Å². The number of pyridine rings is 1. The summed E-state index contributed by atoms with van der Waals surface area (Å²) in [5, 5.41) is 10.3. The SMILES string of the molecule is COc1ccc2c(C)cc3nnc(SCC(=O)N(CC(C)C)[C@H]4CCS(=O)(=O)C4)n3c2c1. The van der Waals surface area contributed by atoms with Crippen LogP contribution < -0.4 is 4.74 Å². The van der Waals surface area contributed by atoms with E-state index in [1.165, 1.54) is 11.8 Å². The van der Waals surface area contributed by atoms with E-state index in [4.69, 9.17) is 4.74 Å².